The number of nitrogens with two attached hydrogens (primary N) is 1. The van der Waals surface area contributed by atoms with Crippen LogP contribution in [0.25, 0.3) is 0 Å². The van der Waals surface area contributed by atoms with E-state index in [2.05, 4.69) is 10.2 Å². The van der Waals surface area contributed by atoms with Gasteiger partial charge in [0.15, 0.2) is 0 Å². The largest absolute Gasteiger partial charge is 0.326 e. The summed E-state index contributed by atoms with van der Waals surface area (Å²) in [5, 5.41) is 3.36. The maximum atomic E-state index is 6.15. The molecule has 0 aromatic carbocycles. The second-order valence-corrected chi connectivity index (χ2v) is 4.41. The van der Waals surface area contributed by atoms with Gasteiger partial charge in [0, 0.05) is 38.8 Å². The Balaban J connectivity index is 1.69. The normalized spacial score (nSPS) is 28.4. The Bertz CT molecular complexity index is 150. The van der Waals surface area contributed by atoms with Gasteiger partial charge in [-0.1, -0.05) is 6.42 Å². The third-order valence-corrected chi connectivity index (χ3v) is 3.43. The quantitative estimate of drug-likeness (QED) is 0.648. The summed E-state index contributed by atoms with van der Waals surface area (Å²) in [5.74, 6) is 0.829. The van der Waals surface area contributed by atoms with Crippen molar-refractivity contribution in [3.8, 4) is 0 Å². The number of piperazine rings is 1. The van der Waals surface area contributed by atoms with Crippen molar-refractivity contribution in [3.63, 3.8) is 0 Å². The van der Waals surface area contributed by atoms with Crippen LogP contribution in [0.2, 0.25) is 0 Å². The van der Waals surface area contributed by atoms with Crippen LogP contribution in [-0.2, 0) is 0 Å². The molecule has 1 heterocycles. The van der Waals surface area contributed by atoms with Crippen LogP contribution < -0.4 is 11.1 Å². The van der Waals surface area contributed by atoms with E-state index in [1.807, 2.05) is 0 Å². The first-order valence-corrected chi connectivity index (χ1v) is 5.55. The van der Waals surface area contributed by atoms with Crippen molar-refractivity contribution < 1.29 is 0 Å². The molecule has 1 unspecified atom stereocenters. The fourth-order valence-corrected chi connectivity index (χ4v) is 2.21. The predicted octanol–water partition coefficient (Wildman–Crippen LogP) is 0.0190. The lowest BCUT2D eigenvalue weighted by Crippen LogP contribution is -2.50. The number of rotatable bonds is 3. The van der Waals surface area contributed by atoms with E-state index < -0.39 is 0 Å². The first kappa shape index (κ1) is 9.44. The Morgan fingerprint density at radius 1 is 1.31 bits per heavy atom. The monoisotopic (exact) mass is 183 g/mol. The molecular formula is C10H21N3. The van der Waals surface area contributed by atoms with Crippen molar-refractivity contribution in [2.24, 2.45) is 11.7 Å². The van der Waals surface area contributed by atoms with Gasteiger partial charge >= 0.3 is 0 Å². The van der Waals surface area contributed by atoms with Crippen LogP contribution >= 0.6 is 0 Å². The van der Waals surface area contributed by atoms with Gasteiger partial charge in [0.1, 0.15) is 0 Å². The highest BCUT2D eigenvalue weighted by Crippen LogP contribution is 2.28. The Kier molecular flexibility index (Phi) is 3.19. The second kappa shape index (κ2) is 4.40. The van der Waals surface area contributed by atoms with Crippen molar-refractivity contribution in [2.45, 2.75) is 25.3 Å². The summed E-state index contributed by atoms with van der Waals surface area (Å²) in [6.45, 7) is 5.75. The fourth-order valence-electron chi connectivity index (χ4n) is 2.21. The Labute approximate surface area is 80.7 Å². The molecule has 0 bridgehead atoms. The summed E-state index contributed by atoms with van der Waals surface area (Å²) < 4.78 is 0. The first-order valence-electron chi connectivity index (χ1n) is 5.55. The molecule has 3 heteroatoms. The van der Waals surface area contributed by atoms with Crippen molar-refractivity contribution in [1.82, 2.24) is 10.2 Å². The van der Waals surface area contributed by atoms with E-state index in [1.54, 1.807) is 0 Å². The molecule has 3 nitrogen and oxygen atoms in total. The van der Waals surface area contributed by atoms with Gasteiger partial charge < -0.3 is 11.1 Å². The van der Waals surface area contributed by atoms with E-state index in [1.165, 1.54) is 32.4 Å². The third-order valence-electron chi connectivity index (χ3n) is 3.43. The number of hydrogen-bond acceptors (Lipinski definition) is 3. The molecule has 0 radical (unpaired) electrons. The van der Waals surface area contributed by atoms with Gasteiger partial charge in [-0.05, 0) is 18.8 Å². The zero-order valence-corrected chi connectivity index (χ0v) is 8.34. The molecule has 1 saturated carbocycles. The molecule has 1 saturated heterocycles. The highest BCUT2D eigenvalue weighted by Gasteiger charge is 2.26. The van der Waals surface area contributed by atoms with Crippen LogP contribution in [0, 0.1) is 5.92 Å². The maximum absolute atomic E-state index is 6.15. The molecule has 1 aliphatic heterocycles. The summed E-state index contributed by atoms with van der Waals surface area (Å²) in [6, 6.07) is 0.437. The van der Waals surface area contributed by atoms with Gasteiger partial charge in [-0.15, -0.1) is 0 Å². The van der Waals surface area contributed by atoms with Gasteiger partial charge in [0.25, 0.3) is 0 Å². The molecule has 0 aromatic rings. The lowest BCUT2D eigenvalue weighted by Gasteiger charge is -2.36. The third kappa shape index (κ3) is 2.42. The van der Waals surface area contributed by atoms with Gasteiger partial charge in [0.05, 0.1) is 0 Å². The molecule has 1 aliphatic carbocycles. The summed E-state index contributed by atoms with van der Waals surface area (Å²) in [5.41, 5.74) is 6.15. The summed E-state index contributed by atoms with van der Waals surface area (Å²) in [4.78, 5) is 2.50. The Hall–Kier alpha value is -0.120. The molecule has 2 rings (SSSR count). The van der Waals surface area contributed by atoms with Crippen molar-refractivity contribution >= 4 is 0 Å². The Morgan fingerprint density at radius 2 is 2.00 bits per heavy atom. The van der Waals surface area contributed by atoms with Crippen molar-refractivity contribution in [3.05, 3.63) is 0 Å². The van der Waals surface area contributed by atoms with E-state index in [0.29, 0.717) is 6.04 Å². The molecule has 0 spiro atoms. The SMILES string of the molecule is NC(CN1CCNCC1)C1CCC1. The van der Waals surface area contributed by atoms with E-state index in [-0.39, 0.29) is 0 Å². The summed E-state index contributed by atoms with van der Waals surface area (Å²) >= 11 is 0. The second-order valence-electron chi connectivity index (χ2n) is 4.41. The molecule has 13 heavy (non-hydrogen) atoms. The smallest absolute Gasteiger partial charge is 0.0196 e. The van der Waals surface area contributed by atoms with Crippen LogP contribution in [0.15, 0.2) is 0 Å². The molecule has 2 fully saturated rings. The van der Waals surface area contributed by atoms with Crippen LogP contribution in [-0.4, -0.2) is 43.7 Å². The zero-order chi connectivity index (χ0) is 9.10. The number of nitrogens with one attached hydrogen (secondary N) is 1. The topological polar surface area (TPSA) is 41.3 Å². The molecule has 0 aromatic heterocycles. The van der Waals surface area contributed by atoms with E-state index in [9.17, 15) is 0 Å². The molecular weight excluding hydrogens is 162 g/mol. The molecule has 3 N–H and O–H groups in total. The molecule has 76 valence electrons. The molecule has 2 aliphatic rings. The summed E-state index contributed by atoms with van der Waals surface area (Å²) in [6.07, 6.45) is 4.14. The van der Waals surface area contributed by atoms with Gasteiger partial charge in [-0.2, -0.15) is 0 Å². The minimum atomic E-state index is 0.437. The van der Waals surface area contributed by atoms with Gasteiger partial charge in [-0.25, -0.2) is 0 Å². The van der Waals surface area contributed by atoms with Crippen LogP contribution in [0.3, 0.4) is 0 Å². The van der Waals surface area contributed by atoms with E-state index >= 15 is 0 Å². The minimum absolute atomic E-state index is 0.437. The number of nitrogens with zero attached hydrogens (tertiary/aromatic N) is 1. The highest BCUT2D eigenvalue weighted by molar-refractivity contribution is 4.83. The van der Waals surface area contributed by atoms with Crippen LogP contribution in [0.4, 0.5) is 0 Å². The average Bonchev–Trinajstić information content (AvgIpc) is 2.02. The molecule has 0 amide bonds. The van der Waals surface area contributed by atoms with Crippen LogP contribution in [0.1, 0.15) is 19.3 Å². The minimum Gasteiger partial charge on any atom is -0.326 e. The average molecular weight is 183 g/mol. The van der Waals surface area contributed by atoms with E-state index in [4.69, 9.17) is 5.73 Å². The summed E-state index contributed by atoms with van der Waals surface area (Å²) in [7, 11) is 0. The predicted molar refractivity (Wildman–Crippen MR) is 54.6 cm³/mol. The highest BCUT2D eigenvalue weighted by atomic mass is 15.2. The zero-order valence-electron chi connectivity index (χ0n) is 8.34. The lowest BCUT2D eigenvalue weighted by molar-refractivity contribution is 0.172. The number of hydrogen-bond donors (Lipinski definition) is 2. The van der Waals surface area contributed by atoms with Gasteiger partial charge in [-0.3, -0.25) is 4.90 Å². The van der Waals surface area contributed by atoms with Crippen molar-refractivity contribution in [1.29, 1.82) is 0 Å². The maximum Gasteiger partial charge on any atom is 0.0196 e. The van der Waals surface area contributed by atoms with E-state index in [0.717, 1.165) is 25.6 Å². The van der Waals surface area contributed by atoms with Crippen LogP contribution in [0.5, 0.6) is 0 Å². The van der Waals surface area contributed by atoms with Crippen molar-refractivity contribution in [2.75, 3.05) is 32.7 Å². The Morgan fingerprint density at radius 3 is 2.54 bits per heavy atom. The van der Waals surface area contributed by atoms with Gasteiger partial charge in [0.2, 0.25) is 0 Å². The fraction of sp³-hybridized carbons (Fsp3) is 1.00. The standard InChI is InChI=1S/C10H21N3/c11-10(9-2-1-3-9)8-13-6-4-12-5-7-13/h9-10,12H,1-8,11H2. The lowest BCUT2D eigenvalue weighted by atomic mass is 9.80. The molecule has 1 atom stereocenters. The first-order chi connectivity index (χ1) is 6.36.